The predicted octanol–water partition coefficient (Wildman–Crippen LogP) is 2.24. The molecule has 0 bridgehead atoms. The van der Waals surface area contributed by atoms with Gasteiger partial charge < -0.3 is 16.8 Å². The molecule has 1 amide bonds. The molecular formula is C13H12FN3O. The first kappa shape index (κ1) is 11.9. The number of anilines is 3. The van der Waals surface area contributed by atoms with Crippen LogP contribution in [0.5, 0.6) is 0 Å². The van der Waals surface area contributed by atoms with E-state index < -0.39 is 11.7 Å². The van der Waals surface area contributed by atoms with Crippen LogP contribution >= 0.6 is 0 Å². The Bertz CT molecular complexity index is 599. The van der Waals surface area contributed by atoms with Crippen LogP contribution in [0.2, 0.25) is 0 Å². The summed E-state index contributed by atoms with van der Waals surface area (Å²) < 4.78 is 13.4. The van der Waals surface area contributed by atoms with Crippen LogP contribution in [0.15, 0.2) is 42.5 Å². The number of nitrogens with two attached hydrogens (primary N) is 2. The first-order chi connectivity index (χ1) is 8.58. The summed E-state index contributed by atoms with van der Waals surface area (Å²) in [6, 6.07) is 10.5. The Morgan fingerprint density at radius 3 is 2.50 bits per heavy atom. The van der Waals surface area contributed by atoms with Gasteiger partial charge in [-0.05, 0) is 30.3 Å². The van der Waals surface area contributed by atoms with Crippen molar-refractivity contribution in [2.75, 3.05) is 16.8 Å². The van der Waals surface area contributed by atoms with Crippen LogP contribution in [-0.4, -0.2) is 5.91 Å². The number of hydrogen-bond donors (Lipinski definition) is 3. The van der Waals surface area contributed by atoms with Crippen molar-refractivity contribution >= 4 is 23.0 Å². The maximum atomic E-state index is 13.4. The summed E-state index contributed by atoms with van der Waals surface area (Å²) in [5, 5.41) is 2.45. The average Bonchev–Trinajstić information content (AvgIpc) is 2.32. The van der Waals surface area contributed by atoms with Crippen molar-refractivity contribution in [3.63, 3.8) is 0 Å². The molecule has 0 heterocycles. The smallest absolute Gasteiger partial charge is 0.257 e. The lowest BCUT2D eigenvalue weighted by Crippen LogP contribution is -2.15. The lowest BCUT2D eigenvalue weighted by atomic mass is 10.1. The molecule has 0 unspecified atom stereocenters. The van der Waals surface area contributed by atoms with Crippen molar-refractivity contribution in [1.82, 2.24) is 0 Å². The number of halogens is 1. The molecule has 2 aromatic rings. The molecule has 0 aliphatic carbocycles. The molecule has 5 heteroatoms. The number of nitrogen functional groups attached to an aromatic ring is 2. The highest BCUT2D eigenvalue weighted by atomic mass is 19.1. The van der Waals surface area contributed by atoms with Gasteiger partial charge in [0.2, 0.25) is 0 Å². The zero-order chi connectivity index (χ0) is 13.1. The zero-order valence-electron chi connectivity index (χ0n) is 9.48. The molecule has 0 radical (unpaired) electrons. The summed E-state index contributed by atoms with van der Waals surface area (Å²) in [6.07, 6.45) is 0. The van der Waals surface area contributed by atoms with Crippen molar-refractivity contribution in [3.05, 3.63) is 53.8 Å². The van der Waals surface area contributed by atoms with E-state index in [0.717, 1.165) is 0 Å². The van der Waals surface area contributed by atoms with E-state index in [9.17, 15) is 9.18 Å². The number of hydrogen-bond acceptors (Lipinski definition) is 3. The lowest BCUT2D eigenvalue weighted by molar-refractivity contribution is 0.102. The molecule has 5 N–H and O–H groups in total. The van der Waals surface area contributed by atoms with Crippen molar-refractivity contribution < 1.29 is 9.18 Å². The van der Waals surface area contributed by atoms with Crippen LogP contribution < -0.4 is 16.8 Å². The highest BCUT2D eigenvalue weighted by Crippen LogP contribution is 2.19. The Kier molecular flexibility index (Phi) is 3.14. The van der Waals surface area contributed by atoms with E-state index in [2.05, 4.69) is 5.32 Å². The van der Waals surface area contributed by atoms with Crippen LogP contribution in [0, 0.1) is 5.82 Å². The Labute approximate surface area is 103 Å². The number of carbonyl (C=O) groups excluding carboxylic acids is 1. The summed E-state index contributed by atoms with van der Waals surface area (Å²) >= 11 is 0. The van der Waals surface area contributed by atoms with Gasteiger partial charge in [-0.3, -0.25) is 4.79 Å². The van der Waals surface area contributed by atoms with E-state index in [-0.39, 0.29) is 16.9 Å². The van der Waals surface area contributed by atoms with E-state index in [1.807, 2.05) is 0 Å². The molecule has 0 aliphatic rings. The van der Waals surface area contributed by atoms with E-state index in [1.165, 1.54) is 24.3 Å². The molecule has 0 saturated heterocycles. The molecule has 4 nitrogen and oxygen atoms in total. The van der Waals surface area contributed by atoms with Crippen LogP contribution in [0.25, 0.3) is 0 Å². The van der Waals surface area contributed by atoms with Gasteiger partial charge >= 0.3 is 0 Å². The first-order valence-electron chi connectivity index (χ1n) is 5.29. The molecule has 0 atom stereocenters. The highest BCUT2D eigenvalue weighted by molar-refractivity contribution is 6.08. The van der Waals surface area contributed by atoms with Gasteiger partial charge in [0.15, 0.2) is 0 Å². The SMILES string of the molecule is Nc1ccc(C(=O)Nc2ccccc2F)c(N)c1. The number of nitrogens with one attached hydrogen (secondary N) is 1. The number of rotatable bonds is 2. The van der Waals surface area contributed by atoms with Gasteiger partial charge in [-0.2, -0.15) is 0 Å². The fraction of sp³-hybridized carbons (Fsp3) is 0. The molecule has 92 valence electrons. The maximum absolute atomic E-state index is 13.4. The minimum absolute atomic E-state index is 0.110. The third kappa shape index (κ3) is 2.40. The first-order valence-corrected chi connectivity index (χ1v) is 5.29. The van der Waals surface area contributed by atoms with Gasteiger partial charge in [0, 0.05) is 11.4 Å². The number of carbonyl (C=O) groups is 1. The van der Waals surface area contributed by atoms with Crippen molar-refractivity contribution in [2.45, 2.75) is 0 Å². The van der Waals surface area contributed by atoms with Gasteiger partial charge in [0.25, 0.3) is 5.91 Å². The monoisotopic (exact) mass is 245 g/mol. The average molecular weight is 245 g/mol. The Morgan fingerprint density at radius 1 is 1.11 bits per heavy atom. The van der Waals surface area contributed by atoms with E-state index >= 15 is 0 Å². The maximum Gasteiger partial charge on any atom is 0.257 e. The highest BCUT2D eigenvalue weighted by Gasteiger charge is 2.11. The molecule has 0 aliphatic heterocycles. The quantitative estimate of drug-likeness (QED) is 0.710. The second-order valence-electron chi connectivity index (χ2n) is 3.78. The number of benzene rings is 2. The molecular weight excluding hydrogens is 233 g/mol. The number of para-hydroxylation sites is 1. The van der Waals surface area contributed by atoms with Gasteiger partial charge in [-0.1, -0.05) is 12.1 Å². The Morgan fingerprint density at radius 2 is 1.83 bits per heavy atom. The van der Waals surface area contributed by atoms with Gasteiger partial charge in [0.05, 0.1) is 11.3 Å². The summed E-state index contributed by atoms with van der Waals surface area (Å²) in [5.74, 6) is -0.975. The summed E-state index contributed by atoms with van der Waals surface area (Å²) in [4.78, 5) is 11.9. The zero-order valence-corrected chi connectivity index (χ0v) is 9.48. The van der Waals surface area contributed by atoms with Gasteiger partial charge in [-0.25, -0.2) is 4.39 Å². The summed E-state index contributed by atoms with van der Waals surface area (Å²) in [7, 11) is 0. The normalized spacial score (nSPS) is 10.1. The Hall–Kier alpha value is -2.56. The van der Waals surface area contributed by atoms with E-state index in [1.54, 1.807) is 18.2 Å². The topological polar surface area (TPSA) is 81.1 Å². The predicted molar refractivity (Wildman–Crippen MR) is 69.6 cm³/mol. The number of amides is 1. The fourth-order valence-electron chi connectivity index (χ4n) is 1.54. The third-order valence-corrected chi connectivity index (χ3v) is 2.44. The molecule has 18 heavy (non-hydrogen) atoms. The molecule has 2 aromatic carbocycles. The third-order valence-electron chi connectivity index (χ3n) is 2.44. The van der Waals surface area contributed by atoms with Gasteiger partial charge in [0.1, 0.15) is 5.82 Å². The molecule has 2 rings (SSSR count). The second kappa shape index (κ2) is 4.75. The van der Waals surface area contributed by atoms with E-state index in [0.29, 0.717) is 5.69 Å². The lowest BCUT2D eigenvalue weighted by Gasteiger charge is -2.08. The minimum Gasteiger partial charge on any atom is -0.399 e. The van der Waals surface area contributed by atoms with Gasteiger partial charge in [-0.15, -0.1) is 0 Å². The molecule has 0 saturated carbocycles. The largest absolute Gasteiger partial charge is 0.399 e. The Balaban J connectivity index is 2.25. The van der Waals surface area contributed by atoms with Crippen molar-refractivity contribution in [1.29, 1.82) is 0 Å². The van der Waals surface area contributed by atoms with Crippen molar-refractivity contribution in [3.8, 4) is 0 Å². The van der Waals surface area contributed by atoms with E-state index in [4.69, 9.17) is 11.5 Å². The molecule has 0 aromatic heterocycles. The summed E-state index contributed by atoms with van der Waals surface area (Å²) in [6.45, 7) is 0. The van der Waals surface area contributed by atoms with Crippen LogP contribution in [0.1, 0.15) is 10.4 Å². The molecule has 0 spiro atoms. The van der Waals surface area contributed by atoms with Crippen molar-refractivity contribution in [2.24, 2.45) is 0 Å². The minimum atomic E-state index is -0.500. The summed E-state index contributed by atoms with van der Waals surface area (Å²) in [5.41, 5.74) is 12.3. The fourth-order valence-corrected chi connectivity index (χ4v) is 1.54. The van der Waals surface area contributed by atoms with Crippen LogP contribution in [-0.2, 0) is 0 Å². The standard InChI is InChI=1S/C13H12FN3O/c14-10-3-1-2-4-12(10)17-13(18)9-6-5-8(15)7-11(9)16/h1-7H,15-16H2,(H,17,18). The van der Waals surface area contributed by atoms with Crippen LogP contribution in [0.3, 0.4) is 0 Å². The second-order valence-corrected chi connectivity index (χ2v) is 3.78. The molecule has 0 fully saturated rings. The van der Waals surface area contributed by atoms with Crippen LogP contribution in [0.4, 0.5) is 21.5 Å².